The van der Waals surface area contributed by atoms with E-state index >= 15 is 0 Å². The number of hydrogen-bond acceptors (Lipinski definition) is 4. The second-order valence-electron chi connectivity index (χ2n) is 6.65. The van der Waals surface area contributed by atoms with Gasteiger partial charge in [0.1, 0.15) is 17.4 Å². The fraction of sp³-hybridized carbons (Fsp3) is 0.130. The van der Waals surface area contributed by atoms with Crippen LogP contribution in [0.5, 0.6) is 0 Å². The van der Waals surface area contributed by atoms with Crippen molar-refractivity contribution in [1.82, 2.24) is 5.32 Å². The smallest absolute Gasteiger partial charge is 0.262 e. The van der Waals surface area contributed by atoms with E-state index in [-0.39, 0.29) is 12.1 Å². The van der Waals surface area contributed by atoms with Crippen molar-refractivity contribution in [2.45, 2.75) is 19.6 Å². The third-order valence-electron chi connectivity index (χ3n) is 4.78. The number of carbonyl (C=O) groups excluding carboxylic acids is 1. The Morgan fingerprint density at radius 1 is 1.07 bits per heavy atom. The minimum atomic E-state index is -0.419. The van der Waals surface area contributed by atoms with Crippen LogP contribution >= 0.6 is 0 Å². The zero-order chi connectivity index (χ0) is 19.3. The van der Waals surface area contributed by atoms with Crippen LogP contribution < -0.4 is 10.2 Å². The molecular formula is C23H19N3O2. The molecule has 1 N–H and O–H groups in total. The molecule has 1 aliphatic heterocycles. The molecule has 1 aromatic heterocycles. The largest absolute Gasteiger partial charge is 0.467 e. The summed E-state index contributed by atoms with van der Waals surface area (Å²) in [6.45, 7) is 2.04. The third kappa shape index (κ3) is 3.81. The van der Waals surface area contributed by atoms with Gasteiger partial charge in [0.2, 0.25) is 0 Å². The minimum Gasteiger partial charge on any atom is -0.467 e. The third-order valence-corrected chi connectivity index (χ3v) is 4.78. The molecule has 4 rings (SSSR count). The molecule has 0 saturated carbocycles. The van der Waals surface area contributed by atoms with E-state index in [1.54, 1.807) is 24.5 Å². The fourth-order valence-corrected chi connectivity index (χ4v) is 3.29. The van der Waals surface area contributed by atoms with Crippen molar-refractivity contribution in [3.63, 3.8) is 0 Å². The summed E-state index contributed by atoms with van der Waals surface area (Å²) in [5, 5.41) is 12.0. The van der Waals surface area contributed by atoms with E-state index in [0.29, 0.717) is 5.76 Å². The molecule has 2 heterocycles. The first kappa shape index (κ1) is 17.6. The Hall–Kier alpha value is -3.78. The lowest BCUT2D eigenvalue weighted by atomic mass is 10.1. The summed E-state index contributed by atoms with van der Waals surface area (Å²) in [6.07, 6.45) is 3.14. The molecule has 0 bridgehead atoms. The highest BCUT2D eigenvalue weighted by molar-refractivity contribution is 6.01. The molecule has 28 heavy (non-hydrogen) atoms. The number of rotatable bonds is 5. The van der Waals surface area contributed by atoms with Crippen LogP contribution in [0.25, 0.3) is 6.08 Å². The van der Waals surface area contributed by atoms with Crippen molar-refractivity contribution in [1.29, 1.82) is 5.26 Å². The van der Waals surface area contributed by atoms with E-state index in [9.17, 15) is 10.1 Å². The summed E-state index contributed by atoms with van der Waals surface area (Å²) in [7, 11) is 0. The van der Waals surface area contributed by atoms with Crippen LogP contribution in [0.3, 0.4) is 0 Å². The Kier molecular flexibility index (Phi) is 4.94. The normalized spacial score (nSPS) is 13.1. The number of carbonyl (C=O) groups is 1. The quantitative estimate of drug-likeness (QED) is 0.545. The monoisotopic (exact) mass is 369 g/mol. The van der Waals surface area contributed by atoms with Crippen molar-refractivity contribution in [2.24, 2.45) is 0 Å². The standard InChI is InChI=1S/C23H19N3O2/c24-13-20(23(27)25-14-22-6-3-11-28-22)12-17-7-9-21(10-8-17)26-15-18-4-1-2-5-19(18)16-26/h1-12H,14-16H2,(H,25,27)/b20-12-. The van der Waals surface area contributed by atoms with Gasteiger partial charge in [-0.1, -0.05) is 36.4 Å². The average Bonchev–Trinajstić information content (AvgIpc) is 3.40. The van der Waals surface area contributed by atoms with E-state index in [1.807, 2.05) is 30.3 Å². The highest BCUT2D eigenvalue weighted by Crippen LogP contribution is 2.28. The molecule has 0 radical (unpaired) electrons. The predicted octanol–water partition coefficient (Wildman–Crippen LogP) is 4.02. The van der Waals surface area contributed by atoms with Gasteiger partial charge in [-0.3, -0.25) is 4.79 Å². The van der Waals surface area contributed by atoms with Crippen LogP contribution in [-0.4, -0.2) is 5.91 Å². The number of amides is 1. The molecule has 0 unspecified atom stereocenters. The lowest BCUT2D eigenvalue weighted by Gasteiger charge is -2.17. The Bertz CT molecular complexity index is 1020. The Morgan fingerprint density at radius 3 is 2.39 bits per heavy atom. The maximum Gasteiger partial charge on any atom is 0.262 e. The molecule has 5 nitrogen and oxygen atoms in total. The van der Waals surface area contributed by atoms with Crippen molar-refractivity contribution >= 4 is 17.7 Å². The van der Waals surface area contributed by atoms with Crippen LogP contribution in [0.15, 0.2) is 76.9 Å². The van der Waals surface area contributed by atoms with Crippen molar-refractivity contribution in [3.05, 3.63) is 95.0 Å². The maximum atomic E-state index is 12.2. The Labute approximate surface area is 163 Å². The summed E-state index contributed by atoms with van der Waals surface area (Å²) in [5.74, 6) is 0.222. The van der Waals surface area contributed by atoms with E-state index in [2.05, 4.69) is 34.5 Å². The summed E-state index contributed by atoms with van der Waals surface area (Å²) in [6, 6.07) is 21.8. The highest BCUT2D eigenvalue weighted by Gasteiger charge is 2.18. The number of nitrogens with zero attached hydrogens (tertiary/aromatic N) is 2. The van der Waals surface area contributed by atoms with Gasteiger partial charge in [0.15, 0.2) is 0 Å². The van der Waals surface area contributed by atoms with Gasteiger partial charge < -0.3 is 14.6 Å². The molecule has 1 amide bonds. The molecule has 0 aliphatic carbocycles. The Morgan fingerprint density at radius 2 is 1.79 bits per heavy atom. The van der Waals surface area contributed by atoms with Crippen molar-refractivity contribution in [3.8, 4) is 6.07 Å². The molecule has 0 fully saturated rings. The summed E-state index contributed by atoms with van der Waals surface area (Å²) in [5.41, 5.74) is 4.70. The zero-order valence-electron chi connectivity index (χ0n) is 15.3. The lowest BCUT2D eigenvalue weighted by Crippen LogP contribution is -2.23. The van der Waals surface area contributed by atoms with Crippen LogP contribution in [0.4, 0.5) is 5.69 Å². The molecule has 1 aliphatic rings. The number of nitriles is 1. The van der Waals surface area contributed by atoms with Gasteiger partial charge in [-0.15, -0.1) is 0 Å². The second kappa shape index (κ2) is 7.85. The first-order valence-electron chi connectivity index (χ1n) is 9.07. The zero-order valence-corrected chi connectivity index (χ0v) is 15.3. The van der Waals surface area contributed by atoms with Crippen LogP contribution in [0.1, 0.15) is 22.5 Å². The molecule has 0 spiro atoms. The highest BCUT2D eigenvalue weighted by atomic mass is 16.3. The maximum absolute atomic E-state index is 12.2. The number of furan rings is 1. The predicted molar refractivity (Wildman–Crippen MR) is 107 cm³/mol. The molecule has 138 valence electrons. The SMILES string of the molecule is N#C/C(=C/c1ccc(N2Cc3ccccc3C2)cc1)C(=O)NCc1ccco1. The number of fused-ring (bicyclic) bond motifs is 1. The molecule has 0 saturated heterocycles. The summed E-state index contributed by atoms with van der Waals surface area (Å²) >= 11 is 0. The van der Waals surface area contributed by atoms with Crippen LogP contribution in [0, 0.1) is 11.3 Å². The van der Waals surface area contributed by atoms with Gasteiger partial charge in [-0.05, 0) is 47.0 Å². The Balaban J connectivity index is 1.43. The van der Waals surface area contributed by atoms with Crippen LogP contribution in [-0.2, 0) is 24.4 Å². The van der Waals surface area contributed by atoms with E-state index in [4.69, 9.17) is 4.42 Å². The first-order valence-corrected chi connectivity index (χ1v) is 9.07. The second-order valence-corrected chi connectivity index (χ2v) is 6.65. The minimum absolute atomic E-state index is 0.0629. The molecular weight excluding hydrogens is 350 g/mol. The van der Waals surface area contributed by atoms with Gasteiger partial charge in [0.25, 0.3) is 5.91 Å². The van der Waals surface area contributed by atoms with Gasteiger partial charge in [-0.2, -0.15) is 5.26 Å². The van der Waals surface area contributed by atoms with E-state index < -0.39 is 5.91 Å². The number of hydrogen-bond donors (Lipinski definition) is 1. The number of benzene rings is 2. The topological polar surface area (TPSA) is 69.3 Å². The van der Waals surface area contributed by atoms with Crippen molar-refractivity contribution < 1.29 is 9.21 Å². The molecule has 5 heteroatoms. The van der Waals surface area contributed by atoms with Gasteiger partial charge in [0, 0.05) is 18.8 Å². The molecule has 3 aromatic rings. The van der Waals surface area contributed by atoms with E-state index in [0.717, 1.165) is 24.3 Å². The summed E-state index contributed by atoms with van der Waals surface area (Å²) < 4.78 is 5.18. The van der Waals surface area contributed by atoms with Crippen LogP contribution in [0.2, 0.25) is 0 Å². The summed E-state index contributed by atoms with van der Waals surface area (Å²) in [4.78, 5) is 14.5. The van der Waals surface area contributed by atoms with Gasteiger partial charge in [-0.25, -0.2) is 0 Å². The van der Waals surface area contributed by atoms with E-state index in [1.165, 1.54) is 11.1 Å². The fourth-order valence-electron chi connectivity index (χ4n) is 3.29. The lowest BCUT2D eigenvalue weighted by molar-refractivity contribution is -0.117. The van der Waals surface area contributed by atoms with Gasteiger partial charge in [0.05, 0.1) is 12.8 Å². The number of nitrogens with one attached hydrogen (secondary N) is 1. The first-order chi connectivity index (χ1) is 13.7. The van der Waals surface area contributed by atoms with Gasteiger partial charge >= 0.3 is 0 Å². The number of anilines is 1. The van der Waals surface area contributed by atoms with Crippen molar-refractivity contribution in [2.75, 3.05) is 4.90 Å². The average molecular weight is 369 g/mol. The molecule has 0 atom stereocenters. The molecule has 2 aromatic carbocycles.